The van der Waals surface area contributed by atoms with Crippen molar-refractivity contribution in [3.8, 4) is 5.75 Å². The Morgan fingerprint density at radius 3 is 3.05 bits per heavy atom. The zero-order valence-corrected chi connectivity index (χ0v) is 11.9. The Bertz CT molecular complexity index is 661. The molecule has 0 radical (unpaired) electrons. The Morgan fingerprint density at radius 2 is 2.23 bits per heavy atom. The summed E-state index contributed by atoms with van der Waals surface area (Å²) in [6.07, 6.45) is 1.13. The number of carbonyl (C=O) groups is 1. The maximum atomic E-state index is 12.8. The number of halogens is 1. The average Bonchev–Trinajstić information content (AvgIpc) is 2.76. The summed E-state index contributed by atoms with van der Waals surface area (Å²) < 4.78 is 18.4. The zero-order chi connectivity index (χ0) is 15.4. The number of fused-ring (bicyclic) bond motifs is 1. The third kappa shape index (κ3) is 3.23. The minimum Gasteiger partial charge on any atom is -0.492 e. The van der Waals surface area contributed by atoms with E-state index in [9.17, 15) is 9.18 Å². The number of carbonyl (C=O) groups excluding carboxylic acids is 1. The molecule has 1 aliphatic heterocycles. The van der Waals surface area contributed by atoms with Gasteiger partial charge in [-0.25, -0.2) is 4.39 Å². The molecular weight excluding hydrogens is 285 g/mol. The molecule has 0 aliphatic carbocycles. The van der Waals surface area contributed by atoms with Crippen LogP contribution in [0.25, 0.3) is 0 Å². The normalized spacial score (nSPS) is 17.0. The molecule has 0 saturated heterocycles. The average molecular weight is 301 g/mol. The number of hydrogen-bond acceptors (Lipinski definition) is 4. The minimum absolute atomic E-state index is 0.163. The van der Waals surface area contributed by atoms with Crippen LogP contribution in [-0.4, -0.2) is 24.0 Å². The van der Waals surface area contributed by atoms with Crippen molar-refractivity contribution in [1.82, 2.24) is 15.6 Å². The first-order valence-corrected chi connectivity index (χ1v) is 7.07. The Hall–Kier alpha value is -2.47. The summed E-state index contributed by atoms with van der Waals surface area (Å²) in [7, 11) is 0. The van der Waals surface area contributed by atoms with Gasteiger partial charge in [-0.15, -0.1) is 0 Å². The molecule has 2 heterocycles. The molecule has 6 heteroatoms. The number of nitrogens with zero attached hydrogens (tertiary/aromatic N) is 1. The molecule has 5 nitrogen and oxygen atoms in total. The quantitative estimate of drug-likeness (QED) is 0.903. The van der Waals surface area contributed by atoms with Gasteiger partial charge in [-0.1, -0.05) is 18.2 Å². The molecule has 2 aromatic rings. The molecule has 1 atom stereocenters. The predicted octanol–water partition coefficient (Wildman–Crippen LogP) is 1.56. The lowest BCUT2D eigenvalue weighted by Gasteiger charge is -2.17. The van der Waals surface area contributed by atoms with Gasteiger partial charge >= 0.3 is 0 Å². The fourth-order valence-electron chi connectivity index (χ4n) is 2.35. The molecule has 1 aromatic heterocycles. The number of nitrogens with one attached hydrogen (secondary N) is 2. The first-order chi connectivity index (χ1) is 10.7. The van der Waals surface area contributed by atoms with Crippen molar-refractivity contribution >= 4 is 5.91 Å². The molecule has 3 rings (SSSR count). The fourth-order valence-corrected chi connectivity index (χ4v) is 2.35. The van der Waals surface area contributed by atoms with Gasteiger partial charge in [-0.05, 0) is 18.2 Å². The molecule has 1 aromatic carbocycles. The Balaban J connectivity index is 1.70. The lowest BCUT2D eigenvalue weighted by molar-refractivity contribution is -0.123. The molecule has 2 N–H and O–H groups in total. The number of ether oxygens (including phenoxy) is 1. The largest absolute Gasteiger partial charge is 0.492 e. The van der Waals surface area contributed by atoms with Crippen molar-refractivity contribution in [2.45, 2.75) is 12.6 Å². The number of rotatable bonds is 3. The molecule has 0 bridgehead atoms. The van der Waals surface area contributed by atoms with Crippen LogP contribution in [0.2, 0.25) is 0 Å². The van der Waals surface area contributed by atoms with E-state index >= 15 is 0 Å². The second-order valence-corrected chi connectivity index (χ2v) is 4.96. The third-order valence-electron chi connectivity index (χ3n) is 3.43. The second-order valence-electron chi connectivity index (χ2n) is 4.96. The Labute approximate surface area is 127 Å². The number of para-hydroxylation sites is 1. The van der Waals surface area contributed by atoms with Crippen LogP contribution in [0.1, 0.15) is 17.3 Å². The van der Waals surface area contributed by atoms with E-state index in [-0.39, 0.29) is 12.5 Å². The van der Waals surface area contributed by atoms with E-state index in [0.717, 1.165) is 11.8 Å². The summed E-state index contributed by atoms with van der Waals surface area (Å²) in [6.45, 7) is 1.35. The van der Waals surface area contributed by atoms with Gasteiger partial charge in [-0.3, -0.25) is 15.1 Å². The van der Waals surface area contributed by atoms with Crippen LogP contribution in [0, 0.1) is 5.82 Å². The summed E-state index contributed by atoms with van der Waals surface area (Å²) in [4.78, 5) is 16.3. The second kappa shape index (κ2) is 6.53. The monoisotopic (exact) mass is 301 g/mol. The van der Waals surface area contributed by atoms with E-state index in [1.807, 2.05) is 24.3 Å². The molecule has 22 heavy (non-hydrogen) atoms. The summed E-state index contributed by atoms with van der Waals surface area (Å²) in [6, 6.07) is 9.87. The first-order valence-electron chi connectivity index (χ1n) is 7.07. The van der Waals surface area contributed by atoms with E-state index in [0.29, 0.717) is 24.6 Å². The van der Waals surface area contributed by atoms with E-state index in [1.54, 1.807) is 6.07 Å². The van der Waals surface area contributed by atoms with Gasteiger partial charge in [0.05, 0.1) is 18.4 Å². The number of hydrogen-bond donors (Lipinski definition) is 2. The minimum atomic E-state index is -0.473. The Kier molecular flexibility index (Phi) is 4.29. The van der Waals surface area contributed by atoms with Crippen LogP contribution in [0.15, 0.2) is 42.6 Å². The number of aromatic nitrogens is 1. The van der Waals surface area contributed by atoms with Gasteiger partial charge in [-0.2, -0.15) is 0 Å². The number of benzene rings is 1. The summed E-state index contributed by atoms with van der Waals surface area (Å²) >= 11 is 0. The van der Waals surface area contributed by atoms with Crippen molar-refractivity contribution in [2.75, 3.05) is 13.2 Å². The molecule has 0 spiro atoms. The van der Waals surface area contributed by atoms with Gasteiger partial charge in [0.2, 0.25) is 5.91 Å². The molecular formula is C16H16FN3O2. The lowest BCUT2D eigenvalue weighted by Crippen LogP contribution is -2.37. The van der Waals surface area contributed by atoms with E-state index in [1.165, 1.54) is 6.07 Å². The Morgan fingerprint density at radius 1 is 1.36 bits per heavy atom. The van der Waals surface area contributed by atoms with Gasteiger partial charge in [0.1, 0.15) is 24.2 Å². The highest BCUT2D eigenvalue weighted by Crippen LogP contribution is 2.26. The highest BCUT2D eigenvalue weighted by atomic mass is 19.1. The third-order valence-corrected chi connectivity index (χ3v) is 3.43. The van der Waals surface area contributed by atoms with Gasteiger partial charge in [0, 0.05) is 12.1 Å². The van der Waals surface area contributed by atoms with E-state index < -0.39 is 11.9 Å². The van der Waals surface area contributed by atoms with Gasteiger partial charge in [0.25, 0.3) is 0 Å². The highest BCUT2D eigenvalue weighted by molar-refractivity contribution is 5.84. The van der Waals surface area contributed by atoms with Gasteiger partial charge in [0.15, 0.2) is 0 Å². The topological polar surface area (TPSA) is 63.2 Å². The number of amides is 1. The van der Waals surface area contributed by atoms with Crippen LogP contribution in [0.3, 0.4) is 0 Å². The standard InChI is InChI=1S/C16H16FN3O2/c17-11-5-6-12(19-9-11)10-20-16(21)15-13-3-1-2-4-14(13)22-8-7-18-15/h1-6,9,15,18H,7-8,10H2,(H,20,21). The number of pyridine rings is 1. The van der Waals surface area contributed by atoms with Crippen molar-refractivity contribution in [3.05, 3.63) is 59.7 Å². The highest BCUT2D eigenvalue weighted by Gasteiger charge is 2.25. The molecule has 1 amide bonds. The van der Waals surface area contributed by atoms with Crippen LogP contribution in [0.5, 0.6) is 5.75 Å². The van der Waals surface area contributed by atoms with Crippen molar-refractivity contribution in [2.24, 2.45) is 0 Å². The molecule has 1 unspecified atom stereocenters. The summed E-state index contributed by atoms with van der Waals surface area (Å²) in [5, 5.41) is 5.98. The van der Waals surface area contributed by atoms with Crippen LogP contribution >= 0.6 is 0 Å². The first kappa shape index (κ1) is 14.5. The van der Waals surface area contributed by atoms with Crippen LogP contribution < -0.4 is 15.4 Å². The predicted molar refractivity (Wildman–Crippen MR) is 78.7 cm³/mol. The summed E-state index contributed by atoms with van der Waals surface area (Å²) in [5.41, 5.74) is 1.41. The maximum Gasteiger partial charge on any atom is 0.242 e. The molecule has 1 aliphatic rings. The maximum absolute atomic E-state index is 12.8. The van der Waals surface area contributed by atoms with Crippen LogP contribution in [0.4, 0.5) is 4.39 Å². The lowest BCUT2D eigenvalue weighted by atomic mass is 10.1. The van der Waals surface area contributed by atoms with Crippen molar-refractivity contribution in [1.29, 1.82) is 0 Å². The summed E-state index contributed by atoms with van der Waals surface area (Å²) in [5.74, 6) is 0.156. The smallest absolute Gasteiger partial charge is 0.242 e. The molecule has 0 saturated carbocycles. The van der Waals surface area contributed by atoms with Crippen molar-refractivity contribution < 1.29 is 13.9 Å². The van der Waals surface area contributed by atoms with Crippen molar-refractivity contribution in [3.63, 3.8) is 0 Å². The van der Waals surface area contributed by atoms with E-state index in [2.05, 4.69) is 15.6 Å². The molecule has 114 valence electrons. The molecule has 0 fully saturated rings. The fraction of sp³-hybridized carbons (Fsp3) is 0.250. The van der Waals surface area contributed by atoms with E-state index in [4.69, 9.17) is 4.74 Å². The van der Waals surface area contributed by atoms with Gasteiger partial charge < -0.3 is 10.1 Å². The SMILES string of the molecule is O=C(NCc1ccc(F)cn1)C1NCCOc2ccccc21. The van der Waals surface area contributed by atoms with Crippen LogP contribution in [-0.2, 0) is 11.3 Å². The zero-order valence-electron chi connectivity index (χ0n) is 11.9.